The molecule has 0 radical (unpaired) electrons. The second-order valence-electron chi connectivity index (χ2n) is 13.0. The number of fused-ring (bicyclic) bond motifs is 10. The number of rotatable bonds is 5. The van der Waals surface area contributed by atoms with Crippen LogP contribution in [0.15, 0.2) is 18.7 Å². The number of thioether (sulfide) groups is 1. The molecule has 15 heteroatoms. The number of carbonyl (C=O) groups excluding carboxylic acids is 3. The van der Waals surface area contributed by atoms with Crippen LogP contribution in [0.2, 0.25) is 0 Å². The molecule has 0 unspecified atom stereocenters. The Hall–Kier alpha value is -4.65. The lowest BCUT2D eigenvalue weighted by molar-refractivity contribution is -0.151. The third-order valence-corrected chi connectivity index (χ3v) is 11.7. The molecule has 2 N–H and O–H groups in total. The number of esters is 2. The highest BCUT2D eigenvalue weighted by molar-refractivity contribution is 7.99. The molecule has 0 spiro atoms. The summed E-state index contributed by atoms with van der Waals surface area (Å²) < 4.78 is 34.8. The van der Waals surface area contributed by atoms with E-state index in [9.17, 15) is 24.8 Å². The van der Waals surface area contributed by atoms with Crippen LogP contribution in [0.1, 0.15) is 57.6 Å². The number of phenolic OH excluding ortho intramolecular Hbond substituents is 1. The zero-order valence-electron chi connectivity index (χ0n) is 28.3. The Kier molecular flexibility index (Phi) is 8.73. The van der Waals surface area contributed by atoms with Gasteiger partial charge in [0.05, 0.1) is 30.5 Å². The first-order valence-corrected chi connectivity index (χ1v) is 17.3. The van der Waals surface area contributed by atoms with Crippen LogP contribution in [-0.4, -0.2) is 97.0 Å². The van der Waals surface area contributed by atoms with Gasteiger partial charge in [-0.15, -0.1) is 11.8 Å². The summed E-state index contributed by atoms with van der Waals surface area (Å²) >= 11 is 1.34. The molecule has 1 amide bonds. The highest BCUT2D eigenvalue weighted by Crippen LogP contribution is 2.64. The molecule has 0 aromatic heterocycles. The summed E-state index contributed by atoms with van der Waals surface area (Å²) in [6.45, 7) is 8.19. The van der Waals surface area contributed by atoms with Gasteiger partial charge in [-0.25, -0.2) is 9.59 Å². The minimum Gasteiger partial charge on any atom is -0.504 e. The van der Waals surface area contributed by atoms with Crippen molar-refractivity contribution in [3.05, 3.63) is 52.1 Å². The minimum atomic E-state index is -1.10. The molecule has 264 valence electrons. The van der Waals surface area contributed by atoms with Crippen LogP contribution in [0.3, 0.4) is 0 Å². The van der Waals surface area contributed by atoms with E-state index in [2.05, 4.69) is 27.8 Å². The molecule has 2 aromatic rings. The van der Waals surface area contributed by atoms with Crippen LogP contribution in [-0.2, 0) is 25.5 Å². The summed E-state index contributed by atoms with van der Waals surface area (Å²) in [5.41, 5.74) is 4.15. The number of aryl methyl sites for hydroxylation is 1. The molecule has 2 saturated heterocycles. The Bertz CT molecular complexity index is 1840. The van der Waals surface area contributed by atoms with Crippen molar-refractivity contribution in [1.82, 2.24) is 15.1 Å². The Balaban J connectivity index is 1.49. The fraction of sp³-hybridized carbons (Fsp3) is 0.486. The Morgan fingerprint density at radius 2 is 1.96 bits per heavy atom. The number of aromatic hydroxyl groups is 1. The number of likely N-dealkylation sites (N-methyl/N-ethyl adjacent to an activating group) is 1. The van der Waals surface area contributed by atoms with Gasteiger partial charge in [0.2, 0.25) is 6.79 Å². The Morgan fingerprint density at radius 1 is 1.20 bits per heavy atom. The number of carbonyl (C=O) groups is 3. The quantitative estimate of drug-likeness (QED) is 0.263. The van der Waals surface area contributed by atoms with Gasteiger partial charge in [0.1, 0.15) is 31.0 Å². The van der Waals surface area contributed by atoms with Gasteiger partial charge in [-0.3, -0.25) is 14.6 Å². The summed E-state index contributed by atoms with van der Waals surface area (Å²) in [5.74, 6) is 0.321. The van der Waals surface area contributed by atoms with Gasteiger partial charge >= 0.3 is 18.0 Å². The molecule has 6 heterocycles. The molecule has 8 rings (SSSR count). The van der Waals surface area contributed by atoms with Gasteiger partial charge in [0.25, 0.3) is 0 Å². The van der Waals surface area contributed by atoms with E-state index in [4.69, 9.17) is 28.4 Å². The highest BCUT2D eigenvalue weighted by atomic mass is 32.2. The normalized spacial score (nSPS) is 27.8. The fourth-order valence-corrected chi connectivity index (χ4v) is 9.89. The zero-order chi connectivity index (χ0) is 35.6. The maximum Gasteiger partial charge on any atom is 0.408 e. The average molecular weight is 707 g/mol. The second kappa shape index (κ2) is 12.9. The standard InChI is InChI=1S/C35H38N4O10S/c1-7-8-45-35(43)37-19-13-50-33-25-24(32-31(47-14-48-32)16(3)30(25)49-17(4)40)22(12-46-34(19)42)39-21(11-36)20-10-18-9-15(2)29(44-6)28(41)23(18)26(27(33)39)38(20)5/h7,9,19-22,26-27,33,41H,1,8,10,12-14H2,2-6H3,(H,37,43)/t19-,20-,21-,22-,26+,27+,33-/m0/s1. The maximum absolute atomic E-state index is 13.6. The van der Waals surface area contributed by atoms with Gasteiger partial charge in [0.15, 0.2) is 23.0 Å². The SMILES string of the molecule is C=CCOC(=O)N[C@H]1CS[C@H]2c3c(OC(C)=O)c(C)c4c(c3[C@H](COC1=O)N1[C@@H]2[C@H]2c3c(cc(C)c(OC)c3O)C[C@@H]([C@@H]1C#N)N2C)OCO4. The van der Waals surface area contributed by atoms with Crippen LogP contribution >= 0.6 is 11.8 Å². The van der Waals surface area contributed by atoms with Crippen molar-refractivity contribution in [2.24, 2.45) is 0 Å². The Labute approximate surface area is 293 Å². The highest BCUT2D eigenvalue weighted by Gasteiger charge is 2.60. The van der Waals surface area contributed by atoms with E-state index >= 15 is 0 Å². The average Bonchev–Trinajstić information content (AvgIpc) is 3.57. The monoisotopic (exact) mass is 706 g/mol. The third-order valence-electron chi connectivity index (χ3n) is 10.3. The van der Waals surface area contributed by atoms with Crippen LogP contribution in [0.5, 0.6) is 28.7 Å². The van der Waals surface area contributed by atoms with Gasteiger partial charge in [0, 0.05) is 47.0 Å². The van der Waals surface area contributed by atoms with Crippen molar-refractivity contribution in [3.8, 4) is 34.8 Å². The number of nitrogens with zero attached hydrogens (tertiary/aromatic N) is 3. The minimum absolute atomic E-state index is 0.0179. The van der Waals surface area contributed by atoms with Crippen molar-refractivity contribution in [2.45, 2.75) is 68.7 Å². The van der Waals surface area contributed by atoms with E-state index in [1.807, 2.05) is 20.0 Å². The number of methoxy groups -OCH3 is 1. The molecular formula is C35H38N4O10S. The number of nitrogens with one attached hydrogen (secondary N) is 1. The van der Waals surface area contributed by atoms with Crippen molar-refractivity contribution < 1.29 is 47.9 Å². The topological polar surface area (TPSA) is 169 Å². The molecule has 0 aliphatic carbocycles. The first-order chi connectivity index (χ1) is 24.0. The van der Waals surface area contributed by atoms with Gasteiger partial charge in [-0.1, -0.05) is 18.7 Å². The number of phenols is 1. The number of ether oxygens (including phenoxy) is 6. The van der Waals surface area contributed by atoms with Crippen LogP contribution in [0.25, 0.3) is 0 Å². The summed E-state index contributed by atoms with van der Waals surface area (Å²) in [7, 11) is 3.46. The predicted molar refractivity (Wildman–Crippen MR) is 178 cm³/mol. The molecule has 4 bridgehead atoms. The van der Waals surface area contributed by atoms with Crippen LogP contribution in [0, 0.1) is 25.2 Å². The van der Waals surface area contributed by atoms with Crippen LogP contribution < -0.4 is 24.3 Å². The summed E-state index contributed by atoms with van der Waals surface area (Å²) in [4.78, 5) is 43.2. The largest absolute Gasteiger partial charge is 0.504 e. The molecular weight excluding hydrogens is 668 g/mol. The van der Waals surface area contributed by atoms with Crippen molar-refractivity contribution in [1.29, 1.82) is 5.26 Å². The molecule has 6 aliphatic heterocycles. The van der Waals surface area contributed by atoms with Gasteiger partial charge < -0.3 is 38.8 Å². The summed E-state index contributed by atoms with van der Waals surface area (Å²) in [5, 5.41) is 24.8. The van der Waals surface area contributed by atoms with Gasteiger partial charge in [-0.2, -0.15) is 5.26 Å². The number of hydrogen-bond acceptors (Lipinski definition) is 14. The molecule has 50 heavy (non-hydrogen) atoms. The third kappa shape index (κ3) is 5.11. The zero-order valence-corrected chi connectivity index (χ0v) is 29.1. The van der Waals surface area contributed by atoms with E-state index < -0.39 is 53.5 Å². The smallest absolute Gasteiger partial charge is 0.408 e. The number of benzene rings is 2. The molecule has 2 fully saturated rings. The predicted octanol–water partition coefficient (Wildman–Crippen LogP) is 3.51. The number of piperazine rings is 1. The van der Waals surface area contributed by atoms with E-state index in [1.54, 1.807) is 6.92 Å². The van der Waals surface area contributed by atoms with E-state index in [0.717, 1.165) is 11.1 Å². The first kappa shape index (κ1) is 33.8. The first-order valence-electron chi connectivity index (χ1n) is 16.3. The van der Waals surface area contributed by atoms with E-state index in [-0.39, 0.29) is 37.6 Å². The summed E-state index contributed by atoms with van der Waals surface area (Å²) in [6.07, 6.45) is 1.08. The van der Waals surface area contributed by atoms with Gasteiger partial charge in [-0.05, 0) is 38.4 Å². The van der Waals surface area contributed by atoms with E-state index in [1.165, 1.54) is 31.9 Å². The number of nitriles is 1. The molecule has 7 atom stereocenters. The lowest BCUT2D eigenvalue weighted by Crippen LogP contribution is -2.69. The molecule has 14 nitrogen and oxygen atoms in total. The number of alkyl carbamates (subject to hydrolysis) is 1. The number of amides is 1. The lowest BCUT2D eigenvalue weighted by Gasteiger charge is -2.61. The molecule has 2 aromatic carbocycles. The van der Waals surface area contributed by atoms with E-state index in [0.29, 0.717) is 51.7 Å². The summed E-state index contributed by atoms with van der Waals surface area (Å²) in [6, 6.07) is 0.661. The second-order valence-corrected chi connectivity index (χ2v) is 14.1. The lowest BCUT2D eigenvalue weighted by atomic mass is 9.71. The van der Waals surface area contributed by atoms with Crippen molar-refractivity contribution >= 4 is 29.8 Å². The number of hydrogen-bond donors (Lipinski definition) is 2. The fourth-order valence-electron chi connectivity index (χ4n) is 8.39. The Morgan fingerprint density at radius 3 is 2.66 bits per heavy atom. The van der Waals surface area contributed by atoms with Crippen LogP contribution in [0.4, 0.5) is 4.79 Å². The molecule has 6 aliphatic rings. The maximum atomic E-state index is 13.6. The van der Waals surface area contributed by atoms with Crippen molar-refractivity contribution in [3.63, 3.8) is 0 Å². The molecule has 0 saturated carbocycles. The van der Waals surface area contributed by atoms with Crippen molar-refractivity contribution in [2.75, 3.05) is 39.9 Å².